The third-order valence-corrected chi connectivity index (χ3v) is 2.81. The van der Waals surface area contributed by atoms with Crippen molar-refractivity contribution in [2.75, 3.05) is 6.61 Å². The molecule has 2 N–H and O–H groups in total. The summed E-state index contributed by atoms with van der Waals surface area (Å²) in [6.45, 7) is 0.797. The van der Waals surface area contributed by atoms with E-state index in [1.165, 1.54) is 12.1 Å². The smallest absolute Gasteiger partial charge is 0.396 e. The van der Waals surface area contributed by atoms with Gasteiger partial charge in [-0.2, -0.15) is 13.2 Å². The van der Waals surface area contributed by atoms with E-state index in [9.17, 15) is 28.1 Å². The summed E-state index contributed by atoms with van der Waals surface area (Å²) in [7, 11) is 0. The highest BCUT2D eigenvalue weighted by Crippen LogP contribution is 2.27. The number of carbonyl (C=O) groups excluding carboxylic acids is 1. The summed E-state index contributed by atoms with van der Waals surface area (Å²) in [5, 5.41) is 21.6. The van der Waals surface area contributed by atoms with Crippen LogP contribution in [0.3, 0.4) is 0 Å². The maximum Gasteiger partial charge on any atom is 0.471 e. The van der Waals surface area contributed by atoms with Gasteiger partial charge in [0.25, 0.3) is 5.69 Å². The Labute approximate surface area is 117 Å². The highest BCUT2D eigenvalue weighted by Gasteiger charge is 2.38. The molecule has 0 aliphatic rings. The summed E-state index contributed by atoms with van der Waals surface area (Å²) < 4.78 is 36.1. The molecule has 1 aromatic carbocycles. The molecule has 1 atom stereocenters. The molecule has 1 unspecified atom stereocenters. The molecule has 0 saturated heterocycles. The van der Waals surface area contributed by atoms with E-state index >= 15 is 0 Å². The van der Waals surface area contributed by atoms with Gasteiger partial charge in [0.05, 0.1) is 4.92 Å². The Balaban J connectivity index is 2.94. The van der Waals surface area contributed by atoms with Crippen LogP contribution in [0.4, 0.5) is 18.9 Å². The highest BCUT2D eigenvalue weighted by atomic mass is 19.4. The van der Waals surface area contributed by atoms with E-state index in [1.807, 2.05) is 0 Å². The lowest BCUT2D eigenvalue weighted by Crippen LogP contribution is -2.36. The molecule has 0 fully saturated rings. The summed E-state index contributed by atoms with van der Waals surface area (Å²) in [4.78, 5) is 20.9. The highest BCUT2D eigenvalue weighted by molar-refractivity contribution is 5.81. The second-order valence-corrected chi connectivity index (χ2v) is 4.41. The molecule has 1 aromatic rings. The van der Waals surface area contributed by atoms with Crippen molar-refractivity contribution >= 4 is 11.6 Å². The minimum Gasteiger partial charge on any atom is -0.396 e. The second kappa shape index (κ2) is 6.53. The van der Waals surface area contributed by atoms with Gasteiger partial charge < -0.3 is 10.4 Å². The van der Waals surface area contributed by atoms with Crippen molar-refractivity contribution < 1.29 is 28.0 Å². The van der Waals surface area contributed by atoms with Gasteiger partial charge in [-0.25, -0.2) is 0 Å². The molecule has 1 amide bonds. The van der Waals surface area contributed by atoms with Gasteiger partial charge >= 0.3 is 12.1 Å². The first-order valence-electron chi connectivity index (χ1n) is 5.90. The number of hydrogen-bond donors (Lipinski definition) is 2. The van der Waals surface area contributed by atoms with E-state index in [4.69, 9.17) is 5.11 Å². The first-order valence-corrected chi connectivity index (χ1v) is 5.90. The second-order valence-electron chi connectivity index (χ2n) is 4.41. The standard InChI is InChI=1S/C12H13F3N2O4/c1-7(6-18)9-3-2-8(4-10(9)17(20)21)5-16-11(19)12(13,14)15/h2-4,7,18H,5-6H2,1H3,(H,16,19). The van der Waals surface area contributed by atoms with Crippen LogP contribution in [0.15, 0.2) is 18.2 Å². The largest absolute Gasteiger partial charge is 0.471 e. The zero-order chi connectivity index (χ0) is 16.2. The number of nitro benzene ring substituents is 1. The number of aliphatic hydroxyl groups is 1. The average molecular weight is 306 g/mol. The van der Waals surface area contributed by atoms with Crippen LogP contribution in [-0.2, 0) is 11.3 Å². The van der Waals surface area contributed by atoms with Crippen LogP contribution in [0, 0.1) is 10.1 Å². The lowest BCUT2D eigenvalue weighted by atomic mass is 9.98. The molecular weight excluding hydrogens is 293 g/mol. The Hall–Kier alpha value is -2.16. The summed E-state index contributed by atoms with van der Waals surface area (Å²) >= 11 is 0. The van der Waals surface area contributed by atoms with Gasteiger partial charge in [-0.1, -0.05) is 19.1 Å². The van der Waals surface area contributed by atoms with Crippen LogP contribution in [0.2, 0.25) is 0 Å². The Bertz CT molecular complexity index is 546. The van der Waals surface area contributed by atoms with E-state index in [0.717, 1.165) is 6.07 Å². The van der Waals surface area contributed by atoms with Crippen LogP contribution in [0.1, 0.15) is 24.0 Å². The molecule has 0 bridgehead atoms. The Morgan fingerprint density at radius 1 is 1.48 bits per heavy atom. The summed E-state index contributed by atoms with van der Waals surface area (Å²) in [5.74, 6) is -2.60. The summed E-state index contributed by atoms with van der Waals surface area (Å²) in [6.07, 6.45) is -5.00. The molecule has 21 heavy (non-hydrogen) atoms. The molecule has 0 aliphatic heterocycles. The van der Waals surface area contributed by atoms with Crippen molar-refractivity contribution in [2.24, 2.45) is 0 Å². The van der Waals surface area contributed by atoms with Crippen molar-refractivity contribution in [1.82, 2.24) is 5.32 Å². The summed E-state index contributed by atoms with van der Waals surface area (Å²) in [5.41, 5.74) is 0.122. The topological polar surface area (TPSA) is 92.5 Å². The fraction of sp³-hybridized carbons (Fsp3) is 0.417. The van der Waals surface area contributed by atoms with E-state index in [1.54, 1.807) is 12.2 Å². The van der Waals surface area contributed by atoms with Crippen LogP contribution in [-0.4, -0.2) is 28.7 Å². The number of halogens is 3. The molecule has 0 radical (unpaired) electrons. The van der Waals surface area contributed by atoms with E-state index in [2.05, 4.69) is 0 Å². The predicted octanol–water partition coefficient (Wildman–Crippen LogP) is 1.87. The van der Waals surface area contributed by atoms with Crippen molar-refractivity contribution in [3.8, 4) is 0 Å². The van der Waals surface area contributed by atoms with Crippen molar-refractivity contribution in [3.63, 3.8) is 0 Å². The Kier molecular flexibility index (Phi) is 5.25. The fourth-order valence-corrected chi connectivity index (χ4v) is 1.65. The van der Waals surface area contributed by atoms with E-state index in [0.29, 0.717) is 0 Å². The number of carbonyl (C=O) groups is 1. The number of nitrogens with one attached hydrogen (secondary N) is 1. The van der Waals surface area contributed by atoms with Crippen molar-refractivity contribution in [2.45, 2.75) is 25.6 Å². The maximum atomic E-state index is 12.0. The number of hydrogen-bond acceptors (Lipinski definition) is 4. The third-order valence-electron chi connectivity index (χ3n) is 2.81. The molecule has 6 nitrogen and oxygen atoms in total. The number of benzene rings is 1. The van der Waals surface area contributed by atoms with Gasteiger partial charge in [-0.3, -0.25) is 14.9 Å². The summed E-state index contributed by atoms with van der Waals surface area (Å²) in [6, 6.07) is 3.80. The van der Waals surface area contributed by atoms with Crippen LogP contribution in [0.5, 0.6) is 0 Å². The molecule has 9 heteroatoms. The SMILES string of the molecule is CC(CO)c1ccc(CNC(=O)C(F)(F)F)cc1[N+](=O)[O-]. The fourth-order valence-electron chi connectivity index (χ4n) is 1.65. The number of nitrogens with zero attached hydrogens (tertiary/aromatic N) is 1. The number of rotatable bonds is 5. The van der Waals surface area contributed by atoms with Gasteiger partial charge in [0.1, 0.15) is 0 Å². The Morgan fingerprint density at radius 3 is 2.57 bits per heavy atom. The lowest BCUT2D eigenvalue weighted by Gasteiger charge is -2.11. The van der Waals surface area contributed by atoms with Gasteiger partial charge in [-0.15, -0.1) is 0 Å². The molecule has 0 aromatic heterocycles. The quantitative estimate of drug-likeness (QED) is 0.641. The molecule has 116 valence electrons. The lowest BCUT2D eigenvalue weighted by molar-refractivity contribution is -0.385. The van der Waals surface area contributed by atoms with Crippen molar-refractivity contribution in [3.05, 3.63) is 39.4 Å². The third kappa shape index (κ3) is 4.42. The molecule has 0 heterocycles. The van der Waals surface area contributed by atoms with E-state index < -0.39 is 29.5 Å². The predicted molar refractivity (Wildman–Crippen MR) is 66.5 cm³/mol. The molecule has 0 spiro atoms. The molecule has 0 saturated carbocycles. The zero-order valence-electron chi connectivity index (χ0n) is 11.0. The number of alkyl halides is 3. The molecular formula is C12H13F3N2O4. The van der Waals surface area contributed by atoms with Crippen LogP contribution >= 0.6 is 0 Å². The minimum absolute atomic E-state index is 0.160. The monoisotopic (exact) mass is 306 g/mol. The van der Waals surface area contributed by atoms with Gasteiger partial charge in [0.2, 0.25) is 0 Å². The first-order chi connectivity index (χ1) is 9.66. The maximum absolute atomic E-state index is 12.0. The van der Waals surface area contributed by atoms with E-state index in [-0.39, 0.29) is 23.4 Å². The number of nitro groups is 1. The van der Waals surface area contributed by atoms with Crippen LogP contribution < -0.4 is 5.32 Å². The van der Waals surface area contributed by atoms with Gasteiger partial charge in [0, 0.05) is 30.7 Å². The number of amides is 1. The first kappa shape index (κ1) is 16.9. The normalized spacial score (nSPS) is 12.8. The van der Waals surface area contributed by atoms with Crippen molar-refractivity contribution in [1.29, 1.82) is 0 Å². The minimum atomic E-state index is -5.00. The van der Waals surface area contributed by atoms with Crippen LogP contribution in [0.25, 0.3) is 0 Å². The zero-order valence-corrected chi connectivity index (χ0v) is 11.0. The number of aliphatic hydroxyl groups excluding tert-OH is 1. The molecule has 1 rings (SSSR count). The Morgan fingerprint density at radius 2 is 2.10 bits per heavy atom. The van der Waals surface area contributed by atoms with Gasteiger partial charge in [0.15, 0.2) is 0 Å². The molecule has 0 aliphatic carbocycles. The average Bonchev–Trinajstić information content (AvgIpc) is 2.42. The van der Waals surface area contributed by atoms with Gasteiger partial charge in [-0.05, 0) is 5.56 Å².